The topological polar surface area (TPSA) is 136 Å². The van der Waals surface area contributed by atoms with Gasteiger partial charge in [-0.3, -0.25) is 10.1 Å². The van der Waals surface area contributed by atoms with E-state index < -0.39 is 24.6 Å². The first-order valence-electron chi connectivity index (χ1n) is 10.7. The van der Waals surface area contributed by atoms with Crippen LogP contribution in [0.2, 0.25) is 0 Å². The van der Waals surface area contributed by atoms with E-state index in [1.807, 2.05) is 6.92 Å². The molecule has 4 N–H and O–H groups in total. The Kier molecular flexibility index (Phi) is 10.5. The number of hydrogen-bond acceptors (Lipinski definition) is 6. The van der Waals surface area contributed by atoms with Crippen molar-refractivity contribution in [2.24, 2.45) is 0 Å². The van der Waals surface area contributed by atoms with Crippen LogP contribution < -0.4 is 26.0 Å². The van der Waals surface area contributed by atoms with Gasteiger partial charge >= 0.3 is 18.7 Å². The van der Waals surface area contributed by atoms with Gasteiger partial charge < -0.3 is 30.0 Å². The fourth-order valence-corrected chi connectivity index (χ4v) is 2.76. The third-order valence-electron chi connectivity index (χ3n) is 4.27. The standard InChI is InChI=1S/C21H28F2N6O5/c1-3-5-12-29-13-16(27-17(29)18(30)24-10-11-25-21(32)33-4-2)28-20(31)26-14-6-8-15(9-7-14)34-19(22)23/h6-9,13,19H,3-5,10-12H2,1-2H3,(H,24,30)(H,25,32)(H2,26,28,31). The van der Waals surface area contributed by atoms with Gasteiger partial charge in [0.25, 0.3) is 5.91 Å². The zero-order valence-corrected chi connectivity index (χ0v) is 18.9. The van der Waals surface area contributed by atoms with Crippen LogP contribution in [0.5, 0.6) is 5.75 Å². The largest absolute Gasteiger partial charge is 0.450 e. The highest BCUT2D eigenvalue weighted by Crippen LogP contribution is 2.18. The summed E-state index contributed by atoms with van der Waals surface area (Å²) in [6.07, 6.45) is 2.65. The smallest absolute Gasteiger partial charge is 0.407 e. The number of alkyl carbamates (subject to hydrolysis) is 1. The van der Waals surface area contributed by atoms with E-state index in [4.69, 9.17) is 4.74 Å². The number of imidazole rings is 1. The second-order valence-electron chi connectivity index (χ2n) is 6.88. The summed E-state index contributed by atoms with van der Waals surface area (Å²) >= 11 is 0. The summed E-state index contributed by atoms with van der Waals surface area (Å²) in [5, 5.41) is 10.2. The molecule has 11 nitrogen and oxygen atoms in total. The van der Waals surface area contributed by atoms with E-state index in [0.29, 0.717) is 12.2 Å². The third kappa shape index (κ3) is 8.92. The SMILES string of the molecule is CCCCn1cc(NC(=O)Nc2ccc(OC(F)F)cc2)nc1C(=O)NCCNC(=O)OCC. The zero-order chi connectivity index (χ0) is 24.9. The van der Waals surface area contributed by atoms with Crippen molar-refractivity contribution >= 4 is 29.5 Å². The molecular formula is C21H28F2N6O5. The number of carbonyl (C=O) groups is 3. The molecule has 0 atom stereocenters. The monoisotopic (exact) mass is 482 g/mol. The predicted octanol–water partition coefficient (Wildman–Crippen LogP) is 3.40. The lowest BCUT2D eigenvalue weighted by molar-refractivity contribution is -0.0498. The van der Waals surface area contributed by atoms with Crippen LogP contribution in [-0.2, 0) is 11.3 Å². The number of amides is 4. The number of rotatable bonds is 12. The highest BCUT2D eigenvalue weighted by atomic mass is 19.3. The van der Waals surface area contributed by atoms with E-state index in [9.17, 15) is 23.2 Å². The second-order valence-corrected chi connectivity index (χ2v) is 6.88. The van der Waals surface area contributed by atoms with Gasteiger partial charge in [0.2, 0.25) is 5.82 Å². The number of carbonyl (C=O) groups excluding carboxylic acids is 3. The molecule has 0 saturated heterocycles. The molecule has 4 amide bonds. The molecule has 0 unspecified atom stereocenters. The molecule has 0 aliphatic carbocycles. The van der Waals surface area contributed by atoms with Crippen molar-refractivity contribution in [3.63, 3.8) is 0 Å². The molecule has 1 aromatic carbocycles. The van der Waals surface area contributed by atoms with Crippen molar-refractivity contribution in [3.8, 4) is 5.75 Å². The molecule has 0 radical (unpaired) electrons. The number of urea groups is 1. The van der Waals surface area contributed by atoms with Crippen LogP contribution in [0.3, 0.4) is 0 Å². The van der Waals surface area contributed by atoms with Gasteiger partial charge in [-0.15, -0.1) is 0 Å². The lowest BCUT2D eigenvalue weighted by atomic mass is 10.3. The first-order valence-corrected chi connectivity index (χ1v) is 10.7. The maximum atomic E-state index is 12.6. The van der Waals surface area contributed by atoms with Gasteiger partial charge in [0, 0.05) is 31.5 Å². The maximum absolute atomic E-state index is 12.6. The Morgan fingerprint density at radius 3 is 2.41 bits per heavy atom. The van der Waals surface area contributed by atoms with Crippen LogP contribution in [0.1, 0.15) is 37.3 Å². The van der Waals surface area contributed by atoms with Gasteiger partial charge in [0.1, 0.15) is 5.75 Å². The number of benzene rings is 1. The Labute approximate surface area is 195 Å². The van der Waals surface area contributed by atoms with Crippen LogP contribution in [0.25, 0.3) is 0 Å². The van der Waals surface area contributed by atoms with Gasteiger partial charge in [-0.1, -0.05) is 13.3 Å². The van der Waals surface area contributed by atoms with Crippen LogP contribution in [0, 0.1) is 0 Å². The Morgan fingerprint density at radius 1 is 1.06 bits per heavy atom. The van der Waals surface area contributed by atoms with E-state index in [-0.39, 0.29) is 37.1 Å². The van der Waals surface area contributed by atoms with E-state index in [2.05, 4.69) is 31.0 Å². The third-order valence-corrected chi connectivity index (χ3v) is 4.27. The lowest BCUT2D eigenvalue weighted by Crippen LogP contribution is -2.36. The molecule has 1 heterocycles. The Hall–Kier alpha value is -3.90. The summed E-state index contributed by atoms with van der Waals surface area (Å²) < 4.78 is 35.1. The Balaban J connectivity index is 1.96. The fourth-order valence-electron chi connectivity index (χ4n) is 2.76. The summed E-state index contributed by atoms with van der Waals surface area (Å²) in [4.78, 5) is 40.3. The number of nitrogens with one attached hydrogen (secondary N) is 4. The number of ether oxygens (including phenoxy) is 2. The molecule has 0 aliphatic heterocycles. The minimum absolute atomic E-state index is 0.0382. The number of nitrogens with zero attached hydrogens (tertiary/aromatic N) is 2. The van der Waals surface area contributed by atoms with Crippen molar-refractivity contribution in [3.05, 3.63) is 36.3 Å². The number of aromatic nitrogens is 2. The molecule has 0 bridgehead atoms. The second kappa shape index (κ2) is 13.6. The van der Waals surface area contributed by atoms with E-state index >= 15 is 0 Å². The van der Waals surface area contributed by atoms with E-state index in [1.54, 1.807) is 17.7 Å². The molecule has 2 rings (SSSR count). The summed E-state index contributed by atoms with van der Waals surface area (Å²) in [6.45, 7) is 1.84. The van der Waals surface area contributed by atoms with Crippen LogP contribution in [0.4, 0.5) is 29.9 Å². The molecular weight excluding hydrogens is 454 g/mol. The minimum atomic E-state index is -2.94. The molecule has 2 aromatic rings. The number of alkyl halides is 2. The van der Waals surface area contributed by atoms with Crippen LogP contribution in [0.15, 0.2) is 30.5 Å². The normalized spacial score (nSPS) is 10.5. The van der Waals surface area contributed by atoms with Crippen LogP contribution in [-0.4, -0.2) is 53.9 Å². The molecule has 13 heteroatoms. The Morgan fingerprint density at radius 2 is 1.76 bits per heavy atom. The van der Waals surface area contributed by atoms with Crippen molar-refractivity contribution in [1.82, 2.24) is 20.2 Å². The molecule has 0 spiro atoms. The molecule has 0 aliphatic rings. The minimum Gasteiger partial charge on any atom is -0.450 e. The Bertz CT molecular complexity index is 952. The molecule has 1 aromatic heterocycles. The van der Waals surface area contributed by atoms with Crippen molar-refractivity contribution in [2.45, 2.75) is 39.8 Å². The highest BCUT2D eigenvalue weighted by molar-refractivity contribution is 5.99. The summed E-state index contributed by atoms with van der Waals surface area (Å²) in [6, 6.07) is 4.76. The maximum Gasteiger partial charge on any atom is 0.407 e. The van der Waals surface area contributed by atoms with Crippen molar-refractivity contribution in [2.75, 3.05) is 30.3 Å². The average Bonchev–Trinajstić information content (AvgIpc) is 3.18. The van der Waals surface area contributed by atoms with Gasteiger partial charge in [-0.25, -0.2) is 14.6 Å². The molecule has 0 saturated carbocycles. The van der Waals surface area contributed by atoms with Gasteiger partial charge in [0.05, 0.1) is 6.61 Å². The lowest BCUT2D eigenvalue weighted by Gasteiger charge is -2.08. The van der Waals surface area contributed by atoms with Crippen LogP contribution >= 0.6 is 0 Å². The van der Waals surface area contributed by atoms with E-state index in [0.717, 1.165) is 12.8 Å². The van der Waals surface area contributed by atoms with Crippen molar-refractivity contribution < 1.29 is 32.6 Å². The zero-order valence-electron chi connectivity index (χ0n) is 18.9. The number of unbranched alkanes of at least 4 members (excludes halogenated alkanes) is 1. The first kappa shape index (κ1) is 26.4. The fraction of sp³-hybridized carbons (Fsp3) is 0.429. The number of hydrogen-bond donors (Lipinski definition) is 4. The number of anilines is 2. The molecule has 0 fully saturated rings. The predicted molar refractivity (Wildman–Crippen MR) is 120 cm³/mol. The molecule has 34 heavy (non-hydrogen) atoms. The van der Waals surface area contributed by atoms with Gasteiger partial charge in [-0.2, -0.15) is 8.78 Å². The van der Waals surface area contributed by atoms with Gasteiger partial charge in [0.15, 0.2) is 5.82 Å². The summed E-state index contributed by atoms with van der Waals surface area (Å²) in [5.41, 5.74) is 0.344. The number of aryl methyl sites for hydroxylation is 1. The average molecular weight is 482 g/mol. The molecule has 186 valence electrons. The quantitative estimate of drug-likeness (QED) is 0.343. The highest BCUT2D eigenvalue weighted by Gasteiger charge is 2.17. The first-order chi connectivity index (χ1) is 16.3. The van der Waals surface area contributed by atoms with E-state index in [1.165, 1.54) is 24.3 Å². The summed E-state index contributed by atoms with van der Waals surface area (Å²) in [5.74, 6) is -0.247. The summed E-state index contributed by atoms with van der Waals surface area (Å²) in [7, 11) is 0. The number of halogens is 2. The van der Waals surface area contributed by atoms with Crippen molar-refractivity contribution in [1.29, 1.82) is 0 Å². The van der Waals surface area contributed by atoms with Gasteiger partial charge in [-0.05, 0) is 37.6 Å².